The third kappa shape index (κ3) is 1.06. The Hall–Kier alpha value is -2.18. The first-order chi connectivity index (χ1) is 6.59. The first kappa shape index (κ1) is 8.42. The number of hydrogen-bond donors (Lipinski definition) is 2. The SMILES string of the molecule is Nc1n[nH]c2c(F)cc([N+](=O)[O-])cc12. The summed E-state index contributed by atoms with van der Waals surface area (Å²) in [5.74, 6) is -0.694. The number of nitrogen functional groups attached to an aromatic ring is 1. The Morgan fingerprint density at radius 3 is 2.93 bits per heavy atom. The molecule has 72 valence electrons. The van der Waals surface area contributed by atoms with Crippen molar-refractivity contribution in [3.05, 3.63) is 28.1 Å². The summed E-state index contributed by atoms with van der Waals surface area (Å²) in [6, 6.07) is 2.00. The van der Waals surface area contributed by atoms with E-state index in [4.69, 9.17) is 5.73 Å². The number of nitro benzene ring substituents is 1. The molecular weight excluding hydrogens is 191 g/mol. The highest BCUT2D eigenvalue weighted by atomic mass is 19.1. The molecule has 2 rings (SSSR count). The molecule has 0 atom stereocenters. The number of anilines is 1. The first-order valence-corrected chi connectivity index (χ1v) is 3.67. The fraction of sp³-hybridized carbons (Fsp3) is 0. The Balaban J connectivity index is 2.82. The standard InChI is InChI=1S/C7H5FN4O2/c8-5-2-3(12(13)14)1-4-6(5)10-11-7(4)9/h1-2H,(H3,9,10,11). The van der Waals surface area contributed by atoms with Crippen LogP contribution in [0.4, 0.5) is 15.9 Å². The van der Waals surface area contributed by atoms with Crippen LogP contribution in [-0.2, 0) is 0 Å². The van der Waals surface area contributed by atoms with Crippen LogP contribution in [0, 0.1) is 15.9 Å². The van der Waals surface area contributed by atoms with Crippen molar-refractivity contribution in [2.24, 2.45) is 0 Å². The molecule has 6 nitrogen and oxygen atoms in total. The lowest BCUT2D eigenvalue weighted by Crippen LogP contribution is -1.90. The van der Waals surface area contributed by atoms with E-state index in [9.17, 15) is 14.5 Å². The number of benzene rings is 1. The number of aromatic nitrogens is 2. The molecule has 0 aliphatic carbocycles. The molecule has 0 saturated carbocycles. The van der Waals surface area contributed by atoms with Crippen molar-refractivity contribution >= 4 is 22.4 Å². The number of nitrogens with one attached hydrogen (secondary N) is 1. The number of halogens is 1. The maximum atomic E-state index is 13.2. The lowest BCUT2D eigenvalue weighted by atomic mass is 10.2. The molecule has 7 heteroatoms. The lowest BCUT2D eigenvalue weighted by molar-refractivity contribution is -0.384. The van der Waals surface area contributed by atoms with E-state index in [0.29, 0.717) is 0 Å². The van der Waals surface area contributed by atoms with Gasteiger partial charge in [0, 0.05) is 6.07 Å². The zero-order valence-corrected chi connectivity index (χ0v) is 6.82. The molecular formula is C7H5FN4O2. The van der Waals surface area contributed by atoms with E-state index >= 15 is 0 Å². The van der Waals surface area contributed by atoms with Crippen LogP contribution in [0.5, 0.6) is 0 Å². The summed E-state index contributed by atoms with van der Waals surface area (Å²) >= 11 is 0. The third-order valence-electron chi connectivity index (χ3n) is 1.85. The molecule has 0 unspecified atom stereocenters. The molecule has 0 radical (unpaired) electrons. The van der Waals surface area contributed by atoms with Crippen LogP contribution in [0.2, 0.25) is 0 Å². The van der Waals surface area contributed by atoms with E-state index in [0.717, 1.165) is 6.07 Å². The second kappa shape index (κ2) is 2.66. The minimum absolute atomic E-state index is 0.0441. The molecule has 2 aromatic rings. The van der Waals surface area contributed by atoms with Gasteiger partial charge in [-0.2, -0.15) is 5.10 Å². The van der Waals surface area contributed by atoms with Gasteiger partial charge in [0.15, 0.2) is 11.6 Å². The molecule has 0 amide bonds. The highest BCUT2D eigenvalue weighted by Crippen LogP contribution is 2.25. The van der Waals surface area contributed by atoms with Crippen molar-refractivity contribution in [3.8, 4) is 0 Å². The van der Waals surface area contributed by atoms with Crippen molar-refractivity contribution in [2.75, 3.05) is 5.73 Å². The van der Waals surface area contributed by atoms with Gasteiger partial charge in [-0.15, -0.1) is 0 Å². The maximum Gasteiger partial charge on any atom is 0.273 e. The normalized spacial score (nSPS) is 10.6. The van der Waals surface area contributed by atoms with E-state index in [2.05, 4.69) is 10.2 Å². The molecule has 0 aliphatic rings. The summed E-state index contributed by atoms with van der Waals surface area (Å²) in [6.07, 6.45) is 0. The van der Waals surface area contributed by atoms with Gasteiger partial charge in [-0.25, -0.2) is 4.39 Å². The summed E-state index contributed by atoms with van der Waals surface area (Å²) in [7, 11) is 0. The quantitative estimate of drug-likeness (QED) is 0.528. The molecule has 0 aliphatic heterocycles. The molecule has 3 N–H and O–H groups in total. The number of hydrogen-bond acceptors (Lipinski definition) is 4. The van der Waals surface area contributed by atoms with Gasteiger partial charge < -0.3 is 5.73 Å². The van der Waals surface area contributed by atoms with Gasteiger partial charge >= 0.3 is 0 Å². The second-order valence-corrected chi connectivity index (χ2v) is 2.72. The lowest BCUT2D eigenvalue weighted by Gasteiger charge is -1.93. The number of rotatable bonds is 1. The molecule has 0 bridgehead atoms. The third-order valence-corrected chi connectivity index (χ3v) is 1.85. The average Bonchev–Trinajstić information content (AvgIpc) is 2.48. The molecule has 1 heterocycles. The number of nitrogens with two attached hydrogens (primary N) is 1. The number of nitrogens with zero attached hydrogens (tertiary/aromatic N) is 2. The summed E-state index contributed by atoms with van der Waals surface area (Å²) in [5.41, 5.74) is 5.12. The van der Waals surface area contributed by atoms with Crippen molar-refractivity contribution in [1.82, 2.24) is 10.2 Å². The maximum absolute atomic E-state index is 13.2. The molecule has 0 saturated heterocycles. The van der Waals surface area contributed by atoms with Crippen LogP contribution in [0.15, 0.2) is 12.1 Å². The highest BCUT2D eigenvalue weighted by Gasteiger charge is 2.14. The molecule has 0 spiro atoms. The topological polar surface area (TPSA) is 97.8 Å². The molecule has 14 heavy (non-hydrogen) atoms. The molecule has 1 aromatic heterocycles. The molecule has 1 aromatic carbocycles. The van der Waals surface area contributed by atoms with Gasteiger partial charge in [0.1, 0.15) is 5.52 Å². The van der Waals surface area contributed by atoms with Gasteiger partial charge in [0.25, 0.3) is 5.69 Å². The van der Waals surface area contributed by atoms with Gasteiger partial charge in [0.05, 0.1) is 16.4 Å². The van der Waals surface area contributed by atoms with Crippen molar-refractivity contribution in [3.63, 3.8) is 0 Å². The average molecular weight is 196 g/mol. The number of nitro groups is 1. The van der Waals surface area contributed by atoms with Gasteiger partial charge in [-0.3, -0.25) is 15.2 Å². The Morgan fingerprint density at radius 1 is 1.57 bits per heavy atom. The van der Waals surface area contributed by atoms with Gasteiger partial charge in [-0.05, 0) is 0 Å². The van der Waals surface area contributed by atoms with E-state index < -0.39 is 10.7 Å². The van der Waals surface area contributed by atoms with Crippen LogP contribution >= 0.6 is 0 Å². The largest absolute Gasteiger partial charge is 0.382 e. The summed E-state index contributed by atoms with van der Waals surface area (Å²) in [5, 5.41) is 16.5. The number of fused-ring (bicyclic) bond motifs is 1. The van der Waals surface area contributed by atoms with E-state index in [1.54, 1.807) is 0 Å². The first-order valence-electron chi connectivity index (χ1n) is 3.67. The van der Waals surface area contributed by atoms with Crippen molar-refractivity contribution in [1.29, 1.82) is 0 Å². The van der Waals surface area contributed by atoms with Crippen LogP contribution in [0.1, 0.15) is 0 Å². The second-order valence-electron chi connectivity index (χ2n) is 2.72. The van der Waals surface area contributed by atoms with Crippen LogP contribution in [-0.4, -0.2) is 15.1 Å². The van der Waals surface area contributed by atoms with Crippen LogP contribution < -0.4 is 5.73 Å². The Bertz CT molecular complexity index is 522. The number of H-pyrrole nitrogens is 1. The fourth-order valence-corrected chi connectivity index (χ4v) is 1.19. The van der Waals surface area contributed by atoms with Crippen molar-refractivity contribution < 1.29 is 9.31 Å². The van der Waals surface area contributed by atoms with E-state index in [1.807, 2.05) is 0 Å². The predicted molar refractivity (Wildman–Crippen MR) is 47.1 cm³/mol. The highest BCUT2D eigenvalue weighted by molar-refractivity contribution is 5.90. The van der Waals surface area contributed by atoms with Gasteiger partial charge in [-0.1, -0.05) is 0 Å². The predicted octanol–water partition coefficient (Wildman–Crippen LogP) is 1.19. The zero-order chi connectivity index (χ0) is 10.3. The number of non-ortho nitro benzene ring substituents is 1. The Morgan fingerprint density at radius 2 is 2.29 bits per heavy atom. The smallest absolute Gasteiger partial charge is 0.273 e. The van der Waals surface area contributed by atoms with Gasteiger partial charge in [0.2, 0.25) is 0 Å². The number of aromatic amines is 1. The molecule has 0 fully saturated rings. The summed E-state index contributed by atoms with van der Waals surface area (Å²) < 4.78 is 13.2. The fourth-order valence-electron chi connectivity index (χ4n) is 1.19. The Kier molecular flexibility index (Phi) is 1.60. The summed E-state index contributed by atoms with van der Waals surface area (Å²) in [4.78, 5) is 9.71. The monoisotopic (exact) mass is 196 g/mol. The minimum Gasteiger partial charge on any atom is -0.382 e. The van der Waals surface area contributed by atoms with E-state index in [-0.39, 0.29) is 22.4 Å². The van der Waals surface area contributed by atoms with E-state index in [1.165, 1.54) is 6.07 Å². The van der Waals surface area contributed by atoms with Crippen molar-refractivity contribution in [2.45, 2.75) is 0 Å². The summed E-state index contributed by atoms with van der Waals surface area (Å²) in [6.45, 7) is 0. The minimum atomic E-state index is -0.738. The zero-order valence-electron chi connectivity index (χ0n) is 6.82. The Labute approximate surface area is 76.7 Å². The van der Waals surface area contributed by atoms with Crippen LogP contribution in [0.25, 0.3) is 10.9 Å². The van der Waals surface area contributed by atoms with Crippen LogP contribution in [0.3, 0.4) is 0 Å².